The summed E-state index contributed by atoms with van der Waals surface area (Å²) in [7, 11) is 0. The largest absolute Gasteiger partial charge is 0.0651 e. The molecule has 0 heteroatoms. The van der Waals surface area contributed by atoms with E-state index in [1.807, 2.05) is 0 Å². The number of rotatable bonds is 2. The fraction of sp³-hybridized carbons (Fsp3) is 0.429. The number of hydrogen-bond acceptors (Lipinski definition) is 0. The third kappa shape index (κ3) is 1.50. The van der Waals surface area contributed by atoms with E-state index in [4.69, 9.17) is 0 Å². The van der Waals surface area contributed by atoms with Gasteiger partial charge in [-0.25, -0.2) is 0 Å². The van der Waals surface area contributed by atoms with E-state index in [0.29, 0.717) is 0 Å². The predicted molar refractivity (Wildman–Crippen MR) is 62.4 cm³/mol. The van der Waals surface area contributed by atoms with Crippen molar-refractivity contribution in [1.82, 2.24) is 0 Å². The SMILES string of the molecule is CCCC1=C(C)Cc2cc(C)ccc21. The van der Waals surface area contributed by atoms with Crippen molar-refractivity contribution in [2.75, 3.05) is 0 Å². The van der Waals surface area contributed by atoms with Gasteiger partial charge in [-0.3, -0.25) is 0 Å². The Bertz CT molecular complexity index is 383. The van der Waals surface area contributed by atoms with Gasteiger partial charge in [-0.2, -0.15) is 0 Å². The normalized spacial score (nSPS) is 14.8. The van der Waals surface area contributed by atoms with Crippen molar-refractivity contribution in [3.05, 3.63) is 40.5 Å². The molecule has 14 heavy (non-hydrogen) atoms. The van der Waals surface area contributed by atoms with Crippen LogP contribution in [0, 0.1) is 6.92 Å². The summed E-state index contributed by atoms with van der Waals surface area (Å²) in [5, 5.41) is 0. The van der Waals surface area contributed by atoms with E-state index in [1.54, 1.807) is 11.1 Å². The molecule has 1 aromatic carbocycles. The lowest BCUT2D eigenvalue weighted by Gasteiger charge is -2.05. The molecule has 0 nitrogen and oxygen atoms in total. The fourth-order valence-corrected chi connectivity index (χ4v) is 2.38. The Kier molecular flexibility index (Phi) is 2.45. The molecule has 0 saturated heterocycles. The first kappa shape index (κ1) is 9.51. The number of hydrogen-bond donors (Lipinski definition) is 0. The maximum Gasteiger partial charge on any atom is -0.00577 e. The van der Waals surface area contributed by atoms with Crippen LogP contribution in [0.2, 0.25) is 0 Å². The average molecular weight is 186 g/mol. The van der Waals surface area contributed by atoms with Crippen LogP contribution in [0.25, 0.3) is 5.57 Å². The minimum atomic E-state index is 1.17. The molecule has 0 bridgehead atoms. The molecule has 0 heterocycles. The minimum Gasteiger partial charge on any atom is -0.0651 e. The second kappa shape index (κ2) is 3.61. The first-order valence-electron chi connectivity index (χ1n) is 5.51. The van der Waals surface area contributed by atoms with Gasteiger partial charge in [-0.05, 0) is 43.4 Å². The Morgan fingerprint density at radius 2 is 2.00 bits per heavy atom. The molecule has 1 aliphatic rings. The summed E-state index contributed by atoms with van der Waals surface area (Å²) in [6.07, 6.45) is 3.66. The lowest BCUT2D eigenvalue weighted by Crippen LogP contribution is -1.85. The highest BCUT2D eigenvalue weighted by molar-refractivity contribution is 5.76. The van der Waals surface area contributed by atoms with Crippen molar-refractivity contribution in [2.45, 2.75) is 40.0 Å². The van der Waals surface area contributed by atoms with Crippen molar-refractivity contribution >= 4 is 5.57 Å². The van der Waals surface area contributed by atoms with Gasteiger partial charge in [0, 0.05) is 0 Å². The monoisotopic (exact) mass is 186 g/mol. The standard InChI is InChI=1S/C14H18/c1-4-5-13-11(3)9-12-8-10(2)6-7-14(12)13/h6-8H,4-5,9H2,1-3H3. The van der Waals surface area contributed by atoms with Crippen LogP contribution in [0.3, 0.4) is 0 Å². The molecular weight excluding hydrogens is 168 g/mol. The molecule has 0 radical (unpaired) electrons. The second-order valence-electron chi connectivity index (χ2n) is 4.35. The average Bonchev–Trinajstić information content (AvgIpc) is 2.43. The van der Waals surface area contributed by atoms with E-state index in [9.17, 15) is 0 Å². The summed E-state index contributed by atoms with van der Waals surface area (Å²) in [5.41, 5.74) is 7.60. The molecule has 0 spiro atoms. The van der Waals surface area contributed by atoms with Gasteiger partial charge in [0.15, 0.2) is 0 Å². The van der Waals surface area contributed by atoms with Crippen LogP contribution in [0.1, 0.15) is 43.4 Å². The lowest BCUT2D eigenvalue weighted by atomic mass is 10.0. The predicted octanol–water partition coefficient (Wildman–Crippen LogP) is 4.12. The van der Waals surface area contributed by atoms with Crippen LogP contribution in [0.5, 0.6) is 0 Å². The third-order valence-electron chi connectivity index (χ3n) is 3.06. The number of fused-ring (bicyclic) bond motifs is 1. The maximum atomic E-state index is 2.33. The zero-order chi connectivity index (χ0) is 10.1. The number of allylic oxidation sites excluding steroid dienone is 2. The number of aryl methyl sites for hydroxylation is 1. The van der Waals surface area contributed by atoms with Crippen LogP contribution in [-0.2, 0) is 6.42 Å². The van der Waals surface area contributed by atoms with E-state index in [2.05, 4.69) is 39.0 Å². The maximum absolute atomic E-state index is 2.33. The van der Waals surface area contributed by atoms with Crippen molar-refractivity contribution < 1.29 is 0 Å². The van der Waals surface area contributed by atoms with Gasteiger partial charge >= 0.3 is 0 Å². The van der Waals surface area contributed by atoms with Crippen molar-refractivity contribution in [3.63, 3.8) is 0 Å². The third-order valence-corrected chi connectivity index (χ3v) is 3.06. The van der Waals surface area contributed by atoms with Crippen molar-refractivity contribution in [1.29, 1.82) is 0 Å². The molecule has 2 rings (SSSR count). The Morgan fingerprint density at radius 1 is 1.21 bits per heavy atom. The summed E-state index contributed by atoms with van der Waals surface area (Å²) >= 11 is 0. The first-order valence-corrected chi connectivity index (χ1v) is 5.51. The summed E-state index contributed by atoms with van der Waals surface area (Å²) in [4.78, 5) is 0. The van der Waals surface area contributed by atoms with E-state index in [1.165, 1.54) is 36.0 Å². The van der Waals surface area contributed by atoms with Crippen LogP contribution in [0.4, 0.5) is 0 Å². The molecule has 1 aliphatic carbocycles. The number of benzene rings is 1. The molecule has 0 unspecified atom stereocenters. The highest BCUT2D eigenvalue weighted by atomic mass is 14.2. The molecule has 74 valence electrons. The Balaban J connectivity index is 2.42. The molecular formula is C14H18. The van der Waals surface area contributed by atoms with Crippen molar-refractivity contribution in [3.8, 4) is 0 Å². The molecule has 0 aromatic heterocycles. The lowest BCUT2D eigenvalue weighted by molar-refractivity contribution is 0.969. The fourth-order valence-electron chi connectivity index (χ4n) is 2.38. The Labute approximate surface area is 86.7 Å². The molecule has 0 atom stereocenters. The van der Waals surface area contributed by atoms with Gasteiger partial charge in [0.25, 0.3) is 0 Å². The van der Waals surface area contributed by atoms with Gasteiger partial charge in [-0.1, -0.05) is 42.7 Å². The molecule has 0 saturated carbocycles. The smallest absolute Gasteiger partial charge is 0.00577 e. The van der Waals surface area contributed by atoms with Crippen LogP contribution < -0.4 is 0 Å². The summed E-state index contributed by atoms with van der Waals surface area (Å²) in [6.45, 7) is 6.71. The van der Waals surface area contributed by atoms with E-state index in [-0.39, 0.29) is 0 Å². The van der Waals surface area contributed by atoms with Crippen LogP contribution in [-0.4, -0.2) is 0 Å². The Morgan fingerprint density at radius 3 is 2.71 bits per heavy atom. The molecule has 0 N–H and O–H groups in total. The zero-order valence-corrected chi connectivity index (χ0v) is 9.35. The highest BCUT2D eigenvalue weighted by Crippen LogP contribution is 2.35. The van der Waals surface area contributed by atoms with E-state index >= 15 is 0 Å². The Hall–Kier alpha value is -1.04. The second-order valence-corrected chi connectivity index (χ2v) is 4.35. The quantitative estimate of drug-likeness (QED) is 0.651. The van der Waals surface area contributed by atoms with Gasteiger partial charge in [-0.15, -0.1) is 0 Å². The van der Waals surface area contributed by atoms with E-state index < -0.39 is 0 Å². The molecule has 0 amide bonds. The van der Waals surface area contributed by atoms with Crippen LogP contribution >= 0.6 is 0 Å². The van der Waals surface area contributed by atoms with Gasteiger partial charge in [0.05, 0.1) is 0 Å². The van der Waals surface area contributed by atoms with Gasteiger partial charge in [0.1, 0.15) is 0 Å². The summed E-state index contributed by atoms with van der Waals surface area (Å²) in [6, 6.07) is 6.86. The highest BCUT2D eigenvalue weighted by Gasteiger charge is 2.17. The summed E-state index contributed by atoms with van der Waals surface area (Å²) in [5.74, 6) is 0. The van der Waals surface area contributed by atoms with E-state index in [0.717, 1.165) is 0 Å². The minimum absolute atomic E-state index is 1.17. The summed E-state index contributed by atoms with van der Waals surface area (Å²) < 4.78 is 0. The van der Waals surface area contributed by atoms with Crippen molar-refractivity contribution in [2.24, 2.45) is 0 Å². The topological polar surface area (TPSA) is 0 Å². The zero-order valence-electron chi connectivity index (χ0n) is 9.35. The van der Waals surface area contributed by atoms with Crippen LogP contribution in [0.15, 0.2) is 23.8 Å². The van der Waals surface area contributed by atoms with Gasteiger partial charge in [0.2, 0.25) is 0 Å². The first-order chi connectivity index (χ1) is 6.72. The van der Waals surface area contributed by atoms with Gasteiger partial charge < -0.3 is 0 Å². The molecule has 0 fully saturated rings. The molecule has 0 aliphatic heterocycles. The molecule has 1 aromatic rings.